The number of carbonyl (C=O) groups is 1. The fourth-order valence-corrected chi connectivity index (χ4v) is 2.53. The van der Waals surface area contributed by atoms with Crippen molar-refractivity contribution in [3.05, 3.63) is 59.7 Å². The molecule has 2 aromatic rings. The molecular formula is C22H23MnN2O6. The Morgan fingerprint density at radius 3 is 1.45 bits per heavy atom. The zero-order chi connectivity index (χ0) is 21.8. The molecule has 0 spiro atoms. The van der Waals surface area contributed by atoms with Crippen LogP contribution in [0.3, 0.4) is 0 Å². The second-order valence-corrected chi connectivity index (χ2v) is 6.26. The number of nitrogens with zero attached hydrogens (tertiary/aromatic N) is 2. The Hall–Kier alpha value is -3.03. The van der Waals surface area contributed by atoms with Crippen molar-refractivity contribution in [3.63, 3.8) is 0 Å². The first kappa shape index (κ1) is 26.0. The molecule has 0 fully saturated rings. The molecule has 0 aromatic heterocycles. The first-order valence-corrected chi connectivity index (χ1v) is 9.54. The van der Waals surface area contributed by atoms with Crippen molar-refractivity contribution in [1.82, 2.24) is 0 Å². The molecule has 0 atom stereocenters. The van der Waals surface area contributed by atoms with Crippen LogP contribution in [0.1, 0.15) is 30.9 Å². The first-order chi connectivity index (χ1) is 14.5. The Morgan fingerprint density at radius 2 is 1.16 bits per heavy atom. The van der Waals surface area contributed by atoms with E-state index in [4.69, 9.17) is 19.4 Å². The topological polar surface area (TPSA) is 129 Å². The molecule has 0 amide bonds. The SMILES string of the molecule is CC(=O)[O-].[Mn+3].[O-]c1ccccc1C1=NCCCO1.[O-]c1ccccc1C1=NCCCO1. The zero-order valence-electron chi connectivity index (χ0n) is 17.1. The van der Waals surface area contributed by atoms with Crippen molar-refractivity contribution >= 4 is 17.8 Å². The number of carboxylic acid groups (broad SMARTS) is 1. The van der Waals surface area contributed by atoms with Gasteiger partial charge in [-0.1, -0.05) is 60.0 Å². The van der Waals surface area contributed by atoms with Crippen molar-refractivity contribution in [2.75, 3.05) is 26.3 Å². The summed E-state index contributed by atoms with van der Waals surface area (Å²) < 4.78 is 10.6. The molecule has 8 nitrogen and oxygen atoms in total. The Balaban J connectivity index is 0.000000258. The van der Waals surface area contributed by atoms with Gasteiger partial charge in [0.1, 0.15) is 0 Å². The van der Waals surface area contributed by atoms with Crippen LogP contribution in [0.4, 0.5) is 0 Å². The number of para-hydroxylation sites is 2. The van der Waals surface area contributed by atoms with Crippen LogP contribution in [0.15, 0.2) is 58.5 Å². The maximum absolute atomic E-state index is 11.4. The molecule has 4 rings (SSSR count). The number of aliphatic imine (C=N–C) groups is 2. The van der Waals surface area contributed by atoms with Crippen molar-refractivity contribution in [1.29, 1.82) is 0 Å². The van der Waals surface area contributed by atoms with E-state index >= 15 is 0 Å². The second kappa shape index (κ2) is 14.1. The van der Waals surface area contributed by atoms with Gasteiger partial charge in [0.25, 0.3) is 0 Å². The van der Waals surface area contributed by atoms with E-state index in [1.54, 1.807) is 24.3 Å². The van der Waals surface area contributed by atoms with Gasteiger partial charge in [0.2, 0.25) is 11.8 Å². The maximum Gasteiger partial charge on any atom is 3.00 e. The number of carboxylic acids is 1. The predicted molar refractivity (Wildman–Crippen MR) is 106 cm³/mol. The molecule has 0 N–H and O–H groups in total. The third-order valence-corrected chi connectivity index (χ3v) is 3.83. The average Bonchev–Trinajstić information content (AvgIpc) is 2.76. The fraction of sp³-hybridized carbons (Fsp3) is 0.318. The molecule has 2 aliphatic rings. The van der Waals surface area contributed by atoms with Gasteiger partial charge in [-0.15, -0.1) is 0 Å². The van der Waals surface area contributed by atoms with Crippen LogP contribution >= 0.6 is 0 Å². The van der Waals surface area contributed by atoms with Gasteiger partial charge in [-0.2, -0.15) is 0 Å². The third kappa shape index (κ3) is 9.11. The Kier molecular flexibility index (Phi) is 11.8. The quantitative estimate of drug-likeness (QED) is 0.597. The standard InChI is InChI=1S/2C10H11NO2.C2H4O2.Mn/c2*12-9-5-2-1-4-8(9)10-11-6-3-7-13-10;1-2(3)4;/h2*1-2,4-5,12H,3,6-7H2;1H3,(H,3,4);/q;;;+3/p-3. The van der Waals surface area contributed by atoms with Crippen molar-refractivity contribution in [2.24, 2.45) is 9.98 Å². The first-order valence-electron chi connectivity index (χ1n) is 9.54. The van der Waals surface area contributed by atoms with E-state index in [0.717, 1.165) is 32.9 Å². The number of hydrogen-bond acceptors (Lipinski definition) is 8. The van der Waals surface area contributed by atoms with E-state index in [9.17, 15) is 10.2 Å². The molecule has 164 valence electrons. The van der Waals surface area contributed by atoms with Crippen LogP contribution in [0.5, 0.6) is 11.5 Å². The van der Waals surface area contributed by atoms with Crippen LogP contribution in [0.25, 0.3) is 0 Å². The number of hydrogen-bond donors (Lipinski definition) is 0. The molecule has 31 heavy (non-hydrogen) atoms. The fourth-order valence-electron chi connectivity index (χ4n) is 2.53. The number of carbonyl (C=O) groups excluding carboxylic acids is 1. The Bertz CT molecular complexity index is 830. The van der Waals surface area contributed by atoms with Gasteiger partial charge in [0, 0.05) is 43.0 Å². The second-order valence-electron chi connectivity index (χ2n) is 6.26. The van der Waals surface area contributed by atoms with Gasteiger partial charge in [-0.05, 0) is 6.92 Å². The molecule has 2 heterocycles. The monoisotopic (exact) mass is 466 g/mol. The summed E-state index contributed by atoms with van der Waals surface area (Å²) in [5, 5.41) is 31.6. The normalized spacial score (nSPS) is 14.4. The van der Waals surface area contributed by atoms with Crippen LogP contribution < -0.4 is 15.3 Å². The summed E-state index contributed by atoms with van der Waals surface area (Å²) in [5.74, 6) is -0.139. The summed E-state index contributed by atoms with van der Waals surface area (Å²) in [6.07, 6.45) is 1.87. The van der Waals surface area contributed by atoms with Crippen LogP contribution in [0, 0.1) is 0 Å². The largest absolute Gasteiger partial charge is 3.00 e. The summed E-state index contributed by atoms with van der Waals surface area (Å²) in [4.78, 5) is 17.2. The van der Waals surface area contributed by atoms with E-state index in [2.05, 4.69) is 9.98 Å². The van der Waals surface area contributed by atoms with E-state index < -0.39 is 5.97 Å². The minimum atomic E-state index is -1.08. The summed E-state index contributed by atoms with van der Waals surface area (Å²) in [6.45, 7) is 3.80. The molecule has 0 saturated heterocycles. The summed E-state index contributed by atoms with van der Waals surface area (Å²) in [5.41, 5.74) is 1.14. The summed E-state index contributed by atoms with van der Waals surface area (Å²) in [6, 6.07) is 13.6. The molecular weight excluding hydrogens is 443 g/mol. The van der Waals surface area contributed by atoms with Gasteiger partial charge < -0.3 is 29.6 Å². The summed E-state index contributed by atoms with van der Waals surface area (Å²) >= 11 is 0. The Morgan fingerprint density at radius 1 is 0.806 bits per heavy atom. The number of aliphatic carboxylic acids is 1. The molecule has 0 radical (unpaired) electrons. The number of benzene rings is 2. The molecule has 2 aromatic carbocycles. The minimum Gasteiger partial charge on any atom is -0.872 e. The van der Waals surface area contributed by atoms with Gasteiger partial charge in [0.15, 0.2) is 0 Å². The van der Waals surface area contributed by atoms with Crippen LogP contribution in [-0.4, -0.2) is 44.1 Å². The van der Waals surface area contributed by atoms with Gasteiger partial charge >= 0.3 is 17.1 Å². The molecule has 0 bridgehead atoms. The Labute approximate surface area is 191 Å². The smallest absolute Gasteiger partial charge is 0.872 e. The molecule has 0 saturated carbocycles. The van der Waals surface area contributed by atoms with E-state index in [1.807, 2.05) is 12.1 Å². The van der Waals surface area contributed by atoms with E-state index in [0.29, 0.717) is 36.1 Å². The van der Waals surface area contributed by atoms with Crippen molar-refractivity contribution in [3.8, 4) is 11.5 Å². The molecule has 2 aliphatic heterocycles. The van der Waals surface area contributed by atoms with Crippen molar-refractivity contribution < 1.29 is 46.7 Å². The number of rotatable bonds is 2. The third-order valence-electron chi connectivity index (χ3n) is 3.83. The van der Waals surface area contributed by atoms with Gasteiger partial charge in [-0.25, -0.2) is 0 Å². The maximum atomic E-state index is 11.4. The predicted octanol–water partition coefficient (Wildman–Crippen LogP) is 0.608. The zero-order valence-corrected chi connectivity index (χ0v) is 18.3. The van der Waals surface area contributed by atoms with E-state index in [-0.39, 0.29) is 28.6 Å². The van der Waals surface area contributed by atoms with Crippen LogP contribution in [-0.2, 0) is 31.3 Å². The molecule has 9 heteroatoms. The summed E-state index contributed by atoms with van der Waals surface area (Å²) in [7, 11) is 0. The van der Waals surface area contributed by atoms with Crippen molar-refractivity contribution in [2.45, 2.75) is 19.8 Å². The average molecular weight is 466 g/mol. The van der Waals surface area contributed by atoms with Crippen LogP contribution in [0.2, 0.25) is 0 Å². The van der Waals surface area contributed by atoms with Gasteiger partial charge in [0.05, 0.1) is 13.2 Å². The van der Waals surface area contributed by atoms with E-state index in [1.165, 1.54) is 12.1 Å². The molecule has 0 aliphatic carbocycles. The van der Waals surface area contributed by atoms with Gasteiger partial charge in [-0.3, -0.25) is 9.98 Å². The molecule has 0 unspecified atom stereocenters. The number of ether oxygens (including phenoxy) is 2. The minimum absolute atomic E-state index is 0.